The van der Waals surface area contributed by atoms with Crippen molar-refractivity contribution in [1.82, 2.24) is 9.62 Å². The van der Waals surface area contributed by atoms with E-state index in [0.29, 0.717) is 11.4 Å². The van der Waals surface area contributed by atoms with Crippen molar-refractivity contribution in [3.05, 3.63) is 52.8 Å². The van der Waals surface area contributed by atoms with E-state index in [1.165, 1.54) is 30.0 Å². The van der Waals surface area contributed by atoms with E-state index in [1.807, 2.05) is 38.9 Å². The number of thioether (sulfide) groups is 1. The lowest BCUT2D eigenvalue weighted by atomic mass is 10.1. The molecule has 0 aromatic heterocycles. The first-order valence-electron chi connectivity index (χ1n) is 10.2. The van der Waals surface area contributed by atoms with Gasteiger partial charge in [0.05, 0.1) is 21.2 Å². The maximum Gasteiger partial charge on any atom is 0.263 e. The minimum Gasteiger partial charge on any atom is -0.379 e. The zero-order chi connectivity index (χ0) is 25.0. The summed E-state index contributed by atoms with van der Waals surface area (Å²) in [6.07, 6.45) is 0.764. The van der Waals surface area contributed by atoms with Gasteiger partial charge in [-0.15, -0.1) is 11.8 Å². The number of sulfonamides is 1. The maximum absolute atomic E-state index is 13.1. The van der Waals surface area contributed by atoms with E-state index in [-0.39, 0.29) is 33.8 Å². The first kappa shape index (κ1) is 28.7. The Labute approximate surface area is 204 Å². The highest BCUT2D eigenvalue weighted by Gasteiger charge is 2.20. The zero-order valence-corrected chi connectivity index (χ0v) is 21.3. The molecule has 180 valence electrons. The minimum absolute atomic E-state index is 0.0420. The van der Waals surface area contributed by atoms with Gasteiger partial charge in [-0.1, -0.05) is 25.4 Å². The predicted octanol–water partition coefficient (Wildman–Crippen LogP) is 4.34. The van der Waals surface area contributed by atoms with Crippen LogP contribution in [0.15, 0.2) is 46.2 Å². The Hall–Kier alpha value is -2.32. The van der Waals surface area contributed by atoms with Gasteiger partial charge < -0.3 is 10.2 Å². The molecule has 1 amide bonds. The molecule has 2 aromatic carbocycles. The van der Waals surface area contributed by atoms with Gasteiger partial charge in [0.15, 0.2) is 0 Å². The number of nitrogens with zero attached hydrogens (tertiary/aromatic N) is 2. The smallest absolute Gasteiger partial charge is 0.263 e. The summed E-state index contributed by atoms with van der Waals surface area (Å²) < 4.78 is 39.0. The van der Waals surface area contributed by atoms with Crippen LogP contribution in [0.3, 0.4) is 0 Å². The Kier molecular flexibility index (Phi) is 12.2. The molecule has 1 unspecified atom stereocenters. The number of anilines is 1. The summed E-state index contributed by atoms with van der Waals surface area (Å²) in [5, 5.41) is 12.8. The van der Waals surface area contributed by atoms with E-state index in [2.05, 4.69) is 5.32 Å². The van der Waals surface area contributed by atoms with Crippen molar-refractivity contribution in [1.29, 1.82) is 5.26 Å². The average molecular weight is 515 g/mol. The van der Waals surface area contributed by atoms with Crippen molar-refractivity contribution >= 4 is 45.5 Å². The van der Waals surface area contributed by atoms with Crippen LogP contribution in [-0.4, -0.2) is 52.2 Å². The van der Waals surface area contributed by atoms with Gasteiger partial charge in [0, 0.05) is 16.7 Å². The highest BCUT2D eigenvalue weighted by Crippen LogP contribution is 2.31. The summed E-state index contributed by atoms with van der Waals surface area (Å²) in [5.41, 5.74) is 0.359. The molecule has 2 N–H and O–H groups in total. The van der Waals surface area contributed by atoms with Crippen LogP contribution in [0, 0.1) is 17.1 Å². The first-order chi connectivity index (χ1) is 15.7. The van der Waals surface area contributed by atoms with E-state index < -0.39 is 10.0 Å². The number of nitriles is 1. The number of benzene rings is 2. The predicted molar refractivity (Wildman–Crippen MR) is 132 cm³/mol. The van der Waals surface area contributed by atoms with E-state index >= 15 is 0 Å². The fourth-order valence-electron chi connectivity index (χ4n) is 2.65. The Morgan fingerprint density at radius 3 is 2.42 bits per heavy atom. The summed E-state index contributed by atoms with van der Waals surface area (Å²) >= 11 is 7.83. The van der Waals surface area contributed by atoms with E-state index in [4.69, 9.17) is 11.6 Å². The van der Waals surface area contributed by atoms with Crippen molar-refractivity contribution in [2.75, 3.05) is 31.7 Å². The number of hydrogen-bond acceptors (Lipinski definition) is 7. The molecule has 0 aliphatic carbocycles. The number of carbonyl (C=O) groups excluding carboxylic acids is 1. The van der Waals surface area contributed by atoms with Gasteiger partial charge in [-0.05, 0) is 63.5 Å². The summed E-state index contributed by atoms with van der Waals surface area (Å²) in [7, 11) is -0.221. The van der Waals surface area contributed by atoms with Gasteiger partial charge in [-0.2, -0.15) is 5.26 Å². The molecule has 0 heterocycles. The lowest BCUT2D eigenvalue weighted by Crippen LogP contribution is -2.28. The van der Waals surface area contributed by atoms with Crippen molar-refractivity contribution < 1.29 is 17.6 Å². The molecule has 7 nitrogen and oxygen atoms in total. The second-order valence-corrected chi connectivity index (χ2v) is 10.1. The van der Waals surface area contributed by atoms with E-state index in [0.717, 1.165) is 23.9 Å². The molecule has 0 spiro atoms. The third-order valence-electron chi connectivity index (χ3n) is 4.24. The molecule has 0 saturated heterocycles. The molecule has 0 saturated carbocycles. The van der Waals surface area contributed by atoms with Gasteiger partial charge in [0.25, 0.3) is 10.0 Å². The van der Waals surface area contributed by atoms with Gasteiger partial charge in [0.1, 0.15) is 11.9 Å². The van der Waals surface area contributed by atoms with Crippen molar-refractivity contribution in [3.8, 4) is 6.07 Å². The molecule has 2 rings (SSSR count). The van der Waals surface area contributed by atoms with Crippen LogP contribution in [0.2, 0.25) is 5.02 Å². The molecule has 11 heteroatoms. The van der Waals surface area contributed by atoms with Gasteiger partial charge in [-0.3, -0.25) is 9.52 Å². The Balaban J connectivity index is 0.00000265. The van der Waals surface area contributed by atoms with Crippen molar-refractivity contribution in [3.63, 3.8) is 0 Å². The molecule has 0 radical (unpaired) electrons. The largest absolute Gasteiger partial charge is 0.379 e. The van der Waals surface area contributed by atoms with Crippen LogP contribution < -0.4 is 10.0 Å². The number of carbonyl (C=O) groups is 1. The summed E-state index contributed by atoms with van der Waals surface area (Å²) in [6, 6.07) is 10.4. The van der Waals surface area contributed by atoms with Crippen molar-refractivity contribution in [2.24, 2.45) is 0 Å². The fourth-order valence-corrected chi connectivity index (χ4v) is 4.77. The molecule has 0 bridgehead atoms. The topological polar surface area (TPSA) is 102 Å². The van der Waals surface area contributed by atoms with Crippen LogP contribution >= 0.6 is 23.4 Å². The van der Waals surface area contributed by atoms with Crippen LogP contribution in [0.4, 0.5) is 10.1 Å². The molecule has 0 aliphatic heterocycles. The molecular formula is C22H28ClFN4O3S2. The van der Waals surface area contributed by atoms with Crippen molar-refractivity contribution in [2.45, 2.75) is 36.1 Å². The molecule has 2 aromatic rings. The SMILES string of the molecule is CC.CN(C)CCC(CSc1ccc(F)cc1)Nc1c(Cl)cc(S(=O)(=O)NC=O)cc1C#N. The zero-order valence-electron chi connectivity index (χ0n) is 18.9. The summed E-state index contributed by atoms with van der Waals surface area (Å²) in [4.78, 5) is 13.2. The molecule has 0 aliphatic rings. The summed E-state index contributed by atoms with van der Waals surface area (Å²) in [6.45, 7) is 4.76. The van der Waals surface area contributed by atoms with Crippen LogP contribution in [0.25, 0.3) is 0 Å². The minimum atomic E-state index is -4.10. The average Bonchev–Trinajstić information content (AvgIpc) is 2.78. The lowest BCUT2D eigenvalue weighted by molar-refractivity contribution is -0.108. The second kappa shape index (κ2) is 14.1. The maximum atomic E-state index is 13.1. The van der Waals surface area contributed by atoms with E-state index in [1.54, 1.807) is 16.9 Å². The quantitative estimate of drug-likeness (QED) is 0.339. The molecule has 1 atom stereocenters. The van der Waals surface area contributed by atoms with Crippen LogP contribution in [-0.2, 0) is 14.8 Å². The summed E-state index contributed by atoms with van der Waals surface area (Å²) in [5.74, 6) is 0.295. The highest BCUT2D eigenvalue weighted by atomic mass is 35.5. The number of nitrogens with one attached hydrogen (secondary N) is 2. The molecule has 0 fully saturated rings. The first-order valence-corrected chi connectivity index (χ1v) is 13.0. The normalized spacial score (nSPS) is 11.7. The molecular weight excluding hydrogens is 487 g/mol. The monoisotopic (exact) mass is 514 g/mol. The Morgan fingerprint density at radius 2 is 1.88 bits per heavy atom. The number of rotatable bonds is 11. The van der Waals surface area contributed by atoms with Gasteiger partial charge in [0.2, 0.25) is 6.41 Å². The molecule has 33 heavy (non-hydrogen) atoms. The fraction of sp³-hybridized carbons (Fsp3) is 0.364. The van der Waals surface area contributed by atoms with Crippen LogP contribution in [0.1, 0.15) is 25.8 Å². The highest BCUT2D eigenvalue weighted by molar-refractivity contribution is 7.99. The van der Waals surface area contributed by atoms with Gasteiger partial charge >= 0.3 is 0 Å². The standard InChI is InChI=1S/C20H22ClFN4O3S2.C2H6/c1-26(2)8-7-16(12-30-17-5-3-15(22)4-6-17)25-20-14(11-23)9-18(10-19(20)21)31(28,29)24-13-27;1-2/h3-6,9-10,13,16,25H,7-8,12H2,1-2H3,(H,24,27);1-2H3. The lowest BCUT2D eigenvalue weighted by Gasteiger charge is -2.23. The number of hydrogen-bond donors (Lipinski definition) is 2. The van der Waals surface area contributed by atoms with Crippen LogP contribution in [0.5, 0.6) is 0 Å². The number of amides is 1. The van der Waals surface area contributed by atoms with Gasteiger partial charge in [-0.25, -0.2) is 12.8 Å². The Bertz CT molecular complexity index is 1060. The third-order valence-corrected chi connectivity index (χ3v) is 6.97. The van der Waals surface area contributed by atoms with E-state index in [9.17, 15) is 22.9 Å². The second-order valence-electron chi connectivity index (χ2n) is 6.88. The number of halogens is 2. The Morgan fingerprint density at radius 1 is 1.24 bits per heavy atom. The third kappa shape index (κ3) is 9.21.